The van der Waals surface area contributed by atoms with Crippen LogP contribution in [0.25, 0.3) is 10.9 Å². The van der Waals surface area contributed by atoms with E-state index in [9.17, 15) is 9.90 Å². The first-order valence-electron chi connectivity index (χ1n) is 6.65. The van der Waals surface area contributed by atoms with E-state index in [4.69, 9.17) is 16.3 Å². The second-order valence-corrected chi connectivity index (χ2v) is 5.12. The maximum Gasteiger partial charge on any atom is 0.141 e. The Bertz CT molecular complexity index is 899. The van der Waals surface area contributed by atoms with E-state index in [1.807, 2.05) is 0 Å². The van der Waals surface area contributed by atoms with E-state index in [0.717, 1.165) is 5.69 Å². The number of benzene rings is 2. The Labute approximate surface area is 136 Å². The maximum absolute atomic E-state index is 10.9. The highest BCUT2D eigenvalue weighted by molar-refractivity contribution is 6.32. The lowest BCUT2D eigenvalue weighted by Crippen LogP contribution is -2.22. The van der Waals surface area contributed by atoms with Gasteiger partial charge in [-0.2, -0.15) is 0 Å². The number of halogens is 1. The summed E-state index contributed by atoms with van der Waals surface area (Å²) in [7, 11) is 1.54. The Morgan fingerprint density at radius 3 is 2.74 bits per heavy atom. The molecule has 1 heterocycles. The fourth-order valence-corrected chi connectivity index (χ4v) is 2.42. The van der Waals surface area contributed by atoms with Crippen LogP contribution in [0.4, 0.5) is 11.5 Å². The van der Waals surface area contributed by atoms with Gasteiger partial charge < -0.3 is 20.0 Å². The number of hydrogen-bond donors (Lipinski definition) is 1. The van der Waals surface area contributed by atoms with Gasteiger partial charge in [-0.1, -0.05) is 17.7 Å². The van der Waals surface area contributed by atoms with Gasteiger partial charge in [0.25, 0.3) is 0 Å². The number of methoxy groups -OCH3 is 1. The molecule has 0 spiro atoms. The topological polar surface area (TPSA) is 87.2 Å². The van der Waals surface area contributed by atoms with Gasteiger partial charge in [0, 0.05) is 11.1 Å². The largest absolute Gasteiger partial charge is 0.545 e. The Balaban J connectivity index is 2.00. The zero-order valence-corrected chi connectivity index (χ0v) is 12.8. The average molecular weight is 329 g/mol. The highest BCUT2D eigenvalue weighted by atomic mass is 35.5. The van der Waals surface area contributed by atoms with Gasteiger partial charge in [0.1, 0.15) is 17.9 Å². The molecule has 3 aromatic rings. The molecule has 0 aliphatic carbocycles. The van der Waals surface area contributed by atoms with Crippen molar-refractivity contribution in [1.82, 2.24) is 9.97 Å². The van der Waals surface area contributed by atoms with Gasteiger partial charge in [-0.25, -0.2) is 9.97 Å². The molecule has 0 unspecified atom stereocenters. The number of nitrogens with zero attached hydrogens (tertiary/aromatic N) is 2. The normalized spacial score (nSPS) is 10.5. The molecule has 116 valence electrons. The van der Waals surface area contributed by atoms with Gasteiger partial charge >= 0.3 is 0 Å². The molecule has 7 heteroatoms. The van der Waals surface area contributed by atoms with Crippen molar-refractivity contribution < 1.29 is 14.6 Å². The van der Waals surface area contributed by atoms with E-state index >= 15 is 0 Å². The molecule has 0 radical (unpaired) electrons. The molecular weight excluding hydrogens is 318 g/mol. The van der Waals surface area contributed by atoms with Gasteiger partial charge in [-0.05, 0) is 35.9 Å². The molecule has 0 fully saturated rings. The monoisotopic (exact) mass is 328 g/mol. The molecule has 23 heavy (non-hydrogen) atoms. The molecule has 1 aromatic heterocycles. The summed E-state index contributed by atoms with van der Waals surface area (Å²) in [5.74, 6) is -0.133. The predicted molar refractivity (Wildman–Crippen MR) is 85.2 cm³/mol. The number of fused-ring (bicyclic) bond motifs is 1. The number of anilines is 2. The Morgan fingerprint density at radius 2 is 2.04 bits per heavy atom. The van der Waals surface area contributed by atoms with Crippen LogP contribution in [0.5, 0.6) is 5.75 Å². The standard InChI is InChI=1S/C16H12ClN3O3/c1-23-14-5-3-10(7-12(14)17)20-15-11-4-2-9(16(21)22)6-13(11)18-8-19-15/h2-8H,1H3,(H,21,22)(H,18,19,20)/p-1. The van der Waals surface area contributed by atoms with Crippen LogP contribution in [-0.4, -0.2) is 23.0 Å². The Kier molecular flexibility index (Phi) is 3.99. The Morgan fingerprint density at radius 1 is 1.22 bits per heavy atom. The number of carbonyl (C=O) groups is 1. The van der Waals surface area contributed by atoms with Crippen molar-refractivity contribution in [2.24, 2.45) is 0 Å². The van der Waals surface area contributed by atoms with Crippen molar-refractivity contribution in [1.29, 1.82) is 0 Å². The van der Waals surface area contributed by atoms with Crippen LogP contribution in [0.15, 0.2) is 42.7 Å². The van der Waals surface area contributed by atoms with Crippen molar-refractivity contribution in [2.45, 2.75) is 0 Å². The van der Waals surface area contributed by atoms with Crippen LogP contribution >= 0.6 is 11.6 Å². The van der Waals surface area contributed by atoms with Crippen molar-refractivity contribution in [3.8, 4) is 5.75 Å². The number of aromatic carboxylic acids is 1. The van der Waals surface area contributed by atoms with Crippen LogP contribution in [0.3, 0.4) is 0 Å². The molecule has 0 amide bonds. The number of nitrogens with one attached hydrogen (secondary N) is 1. The summed E-state index contributed by atoms with van der Waals surface area (Å²) < 4.78 is 5.11. The third-order valence-corrected chi connectivity index (χ3v) is 3.58. The molecular formula is C16H11ClN3O3-. The molecule has 6 nitrogen and oxygen atoms in total. The van der Waals surface area contributed by atoms with Crippen LogP contribution in [0.2, 0.25) is 5.02 Å². The summed E-state index contributed by atoms with van der Waals surface area (Å²) in [6.07, 6.45) is 1.36. The number of carboxylic acid groups (broad SMARTS) is 1. The molecule has 0 saturated carbocycles. The number of carboxylic acids is 1. The van der Waals surface area contributed by atoms with Gasteiger partial charge in [0.15, 0.2) is 0 Å². The van der Waals surface area contributed by atoms with E-state index < -0.39 is 5.97 Å². The summed E-state index contributed by atoms with van der Waals surface area (Å²) in [5.41, 5.74) is 1.29. The molecule has 1 N–H and O–H groups in total. The summed E-state index contributed by atoms with van der Waals surface area (Å²) in [6.45, 7) is 0. The van der Waals surface area contributed by atoms with E-state index in [0.29, 0.717) is 27.5 Å². The number of hydrogen-bond acceptors (Lipinski definition) is 6. The second-order valence-electron chi connectivity index (χ2n) is 4.72. The quantitative estimate of drug-likeness (QED) is 0.791. The fourth-order valence-electron chi connectivity index (χ4n) is 2.16. The minimum absolute atomic E-state index is 0.0645. The average Bonchev–Trinajstić information content (AvgIpc) is 2.55. The summed E-state index contributed by atoms with van der Waals surface area (Å²) in [4.78, 5) is 19.2. The third kappa shape index (κ3) is 3.02. The minimum atomic E-state index is -1.25. The van der Waals surface area contributed by atoms with E-state index in [1.165, 1.54) is 18.5 Å². The van der Waals surface area contributed by atoms with Crippen molar-refractivity contribution in [2.75, 3.05) is 12.4 Å². The van der Waals surface area contributed by atoms with E-state index in [-0.39, 0.29) is 5.56 Å². The van der Waals surface area contributed by atoms with Crippen molar-refractivity contribution >= 4 is 40.0 Å². The van der Waals surface area contributed by atoms with Crippen molar-refractivity contribution in [3.63, 3.8) is 0 Å². The lowest BCUT2D eigenvalue weighted by Gasteiger charge is -2.11. The van der Waals surface area contributed by atoms with Gasteiger partial charge in [0.05, 0.1) is 23.6 Å². The molecule has 0 aliphatic heterocycles. The first-order chi connectivity index (χ1) is 11.1. The van der Waals surface area contributed by atoms with Crippen LogP contribution in [0.1, 0.15) is 10.4 Å². The Hall–Kier alpha value is -2.86. The van der Waals surface area contributed by atoms with Crippen molar-refractivity contribution in [3.05, 3.63) is 53.3 Å². The number of ether oxygens (including phenoxy) is 1. The lowest BCUT2D eigenvalue weighted by molar-refractivity contribution is -0.255. The maximum atomic E-state index is 10.9. The van der Waals surface area contributed by atoms with Gasteiger partial charge in [-0.3, -0.25) is 0 Å². The molecule has 2 aromatic carbocycles. The number of aromatic nitrogens is 2. The smallest absolute Gasteiger partial charge is 0.141 e. The molecule has 0 aliphatic rings. The highest BCUT2D eigenvalue weighted by Crippen LogP contribution is 2.30. The third-order valence-electron chi connectivity index (χ3n) is 3.29. The zero-order valence-electron chi connectivity index (χ0n) is 12.0. The molecule has 0 bridgehead atoms. The number of rotatable bonds is 4. The minimum Gasteiger partial charge on any atom is -0.545 e. The van der Waals surface area contributed by atoms with Crippen LogP contribution in [-0.2, 0) is 0 Å². The molecule has 0 atom stereocenters. The highest BCUT2D eigenvalue weighted by Gasteiger charge is 2.07. The fraction of sp³-hybridized carbons (Fsp3) is 0.0625. The first-order valence-corrected chi connectivity index (χ1v) is 7.03. The van der Waals surface area contributed by atoms with Gasteiger partial charge in [-0.15, -0.1) is 0 Å². The van der Waals surface area contributed by atoms with E-state index in [2.05, 4.69) is 15.3 Å². The number of carbonyl (C=O) groups excluding carboxylic acids is 1. The molecule has 0 saturated heterocycles. The summed E-state index contributed by atoms with van der Waals surface area (Å²) in [5, 5.41) is 15.2. The van der Waals surface area contributed by atoms with Crippen LogP contribution < -0.4 is 15.2 Å². The van der Waals surface area contributed by atoms with E-state index in [1.54, 1.807) is 31.4 Å². The lowest BCUT2D eigenvalue weighted by atomic mass is 10.1. The summed E-state index contributed by atoms with van der Waals surface area (Å²) >= 11 is 6.10. The summed E-state index contributed by atoms with van der Waals surface area (Å²) in [6, 6.07) is 9.78. The van der Waals surface area contributed by atoms with Gasteiger partial charge in [0.2, 0.25) is 0 Å². The second kappa shape index (κ2) is 6.10. The molecule has 3 rings (SSSR count). The van der Waals surface area contributed by atoms with Crippen LogP contribution in [0, 0.1) is 0 Å². The SMILES string of the molecule is COc1ccc(Nc2ncnc3cc(C(=O)[O-])ccc23)cc1Cl. The zero-order chi connectivity index (χ0) is 16.4. The predicted octanol–water partition coefficient (Wildman–Crippen LogP) is 2.40. The first kappa shape index (κ1) is 15.1.